The number of nitrogens with zero attached hydrogens (tertiary/aromatic N) is 6. The van der Waals surface area contributed by atoms with E-state index in [1.807, 2.05) is 41.3 Å². The summed E-state index contributed by atoms with van der Waals surface area (Å²) in [6.45, 7) is 3.62. The fourth-order valence-corrected chi connectivity index (χ4v) is 5.39. The predicted molar refractivity (Wildman–Crippen MR) is 148 cm³/mol. The largest absolute Gasteiger partial charge is 0.350 e. The molecule has 2 fully saturated rings. The summed E-state index contributed by atoms with van der Waals surface area (Å²) in [5, 5.41) is 4.59. The molecule has 0 unspecified atom stereocenters. The lowest BCUT2D eigenvalue weighted by Crippen LogP contribution is -2.45. The molecule has 7 rings (SSSR count). The number of nitrogens with one attached hydrogen (secondary N) is 1. The fourth-order valence-electron chi connectivity index (χ4n) is 5.39. The molecule has 8 heteroatoms. The van der Waals surface area contributed by atoms with Crippen molar-refractivity contribution in [1.29, 1.82) is 0 Å². The summed E-state index contributed by atoms with van der Waals surface area (Å²) in [5.41, 5.74) is 4.71. The predicted octanol–water partition coefficient (Wildman–Crippen LogP) is 5.15. The van der Waals surface area contributed by atoms with Crippen LogP contribution in [0.1, 0.15) is 31.2 Å². The summed E-state index contributed by atoms with van der Waals surface area (Å²) < 4.78 is 2.07. The van der Waals surface area contributed by atoms with Gasteiger partial charge in [-0.25, -0.2) is 15.0 Å². The minimum absolute atomic E-state index is 0.130. The zero-order valence-electron chi connectivity index (χ0n) is 21.3. The first-order chi connectivity index (χ1) is 18.6. The Bertz CT molecular complexity index is 1670. The van der Waals surface area contributed by atoms with Crippen LogP contribution in [-0.2, 0) is 4.79 Å². The lowest BCUT2D eigenvalue weighted by atomic mass is 10.1. The molecule has 0 radical (unpaired) electrons. The summed E-state index contributed by atoms with van der Waals surface area (Å²) in [6, 6.07) is 20.5. The number of piperidine rings is 1. The molecule has 4 heterocycles. The summed E-state index contributed by atoms with van der Waals surface area (Å²) in [6.07, 6.45) is 5.82. The molecule has 1 atom stereocenters. The van der Waals surface area contributed by atoms with Crippen LogP contribution >= 0.6 is 0 Å². The van der Waals surface area contributed by atoms with Gasteiger partial charge in [-0.15, -0.1) is 0 Å². The summed E-state index contributed by atoms with van der Waals surface area (Å²) in [5.74, 6) is 2.56. The second kappa shape index (κ2) is 9.20. The molecule has 1 N–H and O–H groups in total. The van der Waals surface area contributed by atoms with Gasteiger partial charge < -0.3 is 10.2 Å². The first kappa shape index (κ1) is 22.8. The minimum atomic E-state index is 0.130. The van der Waals surface area contributed by atoms with Gasteiger partial charge in [-0.1, -0.05) is 30.3 Å². The number of anilines is 1. The van der Waals surface area contributed by atoms with Crippen LogP contribution in [0, 0.1) is 12.8 Å². The Morgan fingerprint density at radius 2 is 1.84 bits per heavy atom. The molecule has 2 aromatic carbocycles. The van der Waals surface area contributed by atoms with E-state index < -0.39 is 0 Å². The highest BCUT2D eigenvalue weighted by Crippen LogP contribution is 2.32. The third-order valence-corrected chi connectivity index (χ3v) is 7.50. The van der Waals surface area contributed by atoms with Gasteiger partial charge in [-0.3, -0.25) is 9.36 Å². The normalized spacial score (nSPS) is 17.7. The minimum Gasteiger partial charge on any atom is -0.350 e. The molecule has 190 valence electrons. The number of para-hydroxylation sites is 1. The van der Waals surface area contributed by atoms with Crippen LogP contribution in [-0.4, -0.2) is 54.4 Å². The molecule has 0 bridgehead atoms. The van der Waals surface area contributed by atoms with Gasteiger partial charge in [0.05, 0.1) is 16.6 Å². The van der Waals surface area contributed by atoms with Crippen LogP contribution in [0.5, 0.6) is 0 Å². The number of fused-ring (bicyclic) bond motifs is 2. The summed E-state index contributed by atoms with van der Waals surface area (Å²) in [7, 11) is 0. The van der Waals surface area contributed by atoms with E-state index in [9.17, 15) is 4.79 Å². The van der Waals surface area contributed by atoms with Crippen LogP contribution in [0.3, 0.4) is 0 Å². The van der Waals surface area contributed by atoms with Gasteiger partial charge in [0.25, 0.3) is 0 Å². The van der Waals surface area contributed by atoms with Gasteiger partial charge >= 0.3 is 0 Å². The SMILES string of the molecule is Cc1ccc2nc(-c3ccc4ccccc4n3)n(-c3ccnc(N[C@H]4CCCN(C(=O)C5CC5)C4)n3)c2c1. The van der Waals surface area contributed by atoms with Crippen molar-refractivity contribution in [3.63, 3.8) is 0 Å². The van der Waals surface area contributed by atoms with E-state index in [1.165, 1.54) is 0 Å². The van der Waals surface area contributed by atoms with Crippen LogP contribution in [0.4, 0.5) is 5.95 Å². The lowest BCUT2D eigenvalue weighted by Gasteiger charge is -2.33. The van der Waals surface area contributed by atoms with Crippen molar-refractivity contribution in [3.05, 3.63) is 72.4 Å². The number of pyridine rings is 1. The van der Waals surface area contributed by atoms with Crippen LogP contribution < -0.4 is 5.32 Å². The second-order valence-electron chi connectivity index (χ2n) is 10.4. The molecule has 3 aromatic heterocycles. The lowest BCUT2D eigenvalue weighted by molar-refractivity contribution is -0.133. The van der Waals surface area contributed by atoms with E-state index in [0.717, 1.165) is 77.1 Å². The third-order valence-electron chi connectivity index (χ3n) is 7.50. The van der Waals surface area contributed by atoms with E-state index in [2.05, 4.69) is 46.1 Å². The number of likely N-dealkylation sites (tertiary alicyclic amines) is 1. The average molecular weight is 504 g/mol. The summed E-state index contributed by atoms with van der Waals surface area (Å²) in [4.78, 5) is 34.0. The van der Waals surface area contributed by atoms with Crippen molar-refractivity contribution < 1.29 is 4.79 Å². The number of hydrogen-bond acceptors (Lipinski definition) is 6. The van der Waals surface area contributed by atoms with Gasteiger partial charge in [-0.2, -0.15) is 4.98 Å². The van der Waals surface area contributed by atoms with Crippen LogP contribution in [0.2, 0.25) is 0 Å². The number of amides is 1. The molecule has 8 nitrogen and oxygen atoms in total. The number of imidazole rings is 1. The van der Waals surface area contributed by atoms with Gasteiger partial charge in [0, 0.05) is 36.6 Å². The Labute approximate surface area is 220 Å². The van der Waals surface area contributed by atoms with Crippen molar-refractivity contribution in [2.75, 3.05) is 18.4 Å². The van der Waals surface area contributed by atoms with Crippen LogP contribution in [0.25, 0.3) is 39.3 Å². The summed E-state index contributed by atoms with van der Waals surface area (Å²) >= 11 is 0. The topological polar surface area (TPSA) is 88.8 Å². The number of hydrogen-bond donors (Lipinski definition) is 1. The smallest absolute Gasteiger partial charge is 0.225 e. The highest BCUT2D eigenvalue weighted by molar-refractivity contribution is 5.85. The van der Waals surface area contributed by atoms with Crippen molar-refractivity contribution in [1.82, 2.24) is 29.4 Å². The number of aryl methyl sites for hydroxylation is 1. The number of rotatable bonds is 5. The molecule has 1 aliphatic heterocycles. The van der Waals surface area contributed by atoms with E-state index >= 15 is 0 Å². The van der Waals surface area contributed by atoms with E-state index in [0.29, 0.717) is 18.4 Å². The molecule has 1 aliphatic carbocycles. The maximum atomic E-state index is 12.6. The average Bonchev–Trinajstić information content (AvgIpc) is 3.73. The van der Waals surface area contributed by atoms with Gasteiger partial charge in [0.15, 0.2) is 5.82 Å². The first-order valence-corrected chi connectivity index (χ1v) is 13.4. The third kappa shape index (κ3) is 4.26. The molecule has 1 amide bonds. The van der Waals surface area contributed by atoms with Crippen molar-refractivity contribution in [2.24, 2.45) is 5.92 Å². The molecule has 1 saturated carbocycles. The molecule has 5 aromatic rings. The van der Waals surface area contributed by atoms with Gasteiger partial charge in [-0.05, 0) is 68.5 Å². The van der Waals surface area contributed by atoms with E-state index in [4.69, 9.17) is 15.0 Å². The molecular formula is C30H29N7O. The number of benzene rings is 2. The maximum absolute atomic E-state index is 12.6. The zero-order valence-corrected chi connectivity index (χ0v) is 21.3. The molecule has 1 saturated heterocycles. The molecular weight excluding hydrogens is 474 g/mol. The Hall–Kier alpha value is -4.33. The second-order valence-corrected chi connectivity index (χ2v) is 10.4. The van der Waals surface area contributed by atoms with Crippen molar-refractivity contribution >= 4 is 33.8 Å². The van der Waals surface area contributed by atoms with Gasteiger partial charge in [0.2, 0.25) is 11.9 Å². The Kier molecular flexibility index (Phi) is 5.53. The van der Waals surface area contributed by atoms with E-state index in [-0.39, 0.29) is 12.0 Å². The van der Waals surface area contributed by atoms with E-state index in [1.54, 1.807) is 6.20 Å². The quantitative estimate of drug-likeness (QED) is 0.357. The number of carbonyl (C=O) groups excluding carboxylic acids is 1. The first-order valence-electron chi connectivity index (χ1n) is 13.4. The zero-order chi connectivity index (χ0) is 25.6. The molecule has 38 heavy (non-hydrogen) atoms. The highest BCUT2D eigenvalue weighted by atomic mass is 16.2. The Morgan fingerprint density at radius 3 is 2.74 bits per heavy atom. The van der Waals surface area contributed by atoms with Crippen molar-refractivity contribution in [2.45, 2.75) is 38.6 Å². The monoisotopic (exact) mass is 503 g/mol. The number of aromatic nitrogens is 5. The Morgan fingerprint density at radius 1 is 0.947 bits per heavy atom. The highest BCUT2D eigenvalue weighted by Gasteiger charge is 2.35. The van der Waals surface area contributed by atoms with Crippen molar-refractivity contribution in [3.8, 4) is 17.3 Å². The number of carbonyl (C=O) groups is 1. The fraction of sp³-hybridized carbons (Fsp3) is 0.300. The Balaban J connectivity index is 1.26. The molecule has 2 aliphatic rings. The molecule has 0 spiro atoms. The van der Waals surface area contributed by atoms with Gasteiger partial charge in [0.1, 0.15) is 11.5 Å². The maximum Gasteiger partial charge on any atom is 0.225 e. The van der Waals surface area contributed by atoms with Crippen LogP contribution in [0.15, 0.2) is 66.9 Å². The standard InChI is InChI=1S/C30H29N7O/c1-19-8-12-24-26(17-19)37(28(34-24)25-13-11-20-5-2-3-7-23(20)33-25)27-14-15-31-30(35-27)32-22-6-4-16-36(18-22)29(38)21-9-10-21/h2-3,5,7-8,11-15,17,21-22H,4,6,9-10,16,18H2,1H3,(H,31,32,35)/t22-/m0/s1.